The van der Waals surface area contributed by atoms with Crippen molar-refractivity contribution in [3.63, 3.8) is 0 Å². The van der Waals surface area contributed by atoms with Gasteiger partial charge in [-0.15, -0.1) is 0 Å². The fourth-order valence-electron chi connectivity index (χ4n) is 6.85. The maximum atomic E-state index is 13.3. The summed E-state index contributed by atoms with van der Waals surface area (Å²) in [6.45, 7) is 2.16. The van der Waals surface area contributed by atoms with Crippen LogP contribution >= 0.6 is 0 Å². The van der Waals surface area contributed by atoms with E-state index in [1.54, 1.807) is 0 Å². The number of pyridine rings is 1. The van der Waals surface area contributed by atoms with E-state index < -0.39 is 23.9 Å². The van der Waals surface area contributed by atoms with Gasteiger partial charge in [-0.25, -0.2) is 0 Å². The van der Waals surface area contributed by atoms with E-state index in [1.165, 1.54) is 12.1 Å². The second-order valence-corrected chi connectivity index (χ2v) is 11.4. The number of halogens is 3. The summed E-state index contributed by atoms with van der Waals surface area (Å²) in [6, 6.07) is 4.73. The maximum absolute atomic E-state index is 13.3. The summed E-state index contributed by atoms with van der Waals surface area (Å²) in [5.41, 5.74) is 4.65. The molecule has 204 valence electrons. The Morgan fingerprint density at radius 1 is 1.03 bits per heavy atom. The molecule has 0 amide bonds. The van der Waals surface area contributed by atoms with Gasteiger partial charge in [-0.2, -0.15) is 13.2 Å². The minimum absolute atomic E-state index is 0.0590. The molecule has 1 aromatic heterocycles. The van der Waals surface area contributed by atoms with Crippen molar-refractivity contribution in [2.24, 2.45) is 5.41 Å². The summed E-state index contributed by atoms with van der Waals surface area (Å²) in [4.78, 5) is 5.21. The van der Waals surface area contributed by atoms with Crippen molar-refractivity contribution in [3.8, 4) is 0 Å². The molecule has 2 N–H and O–H groups in total. The number of rotatable bonds is 4. The zero-order valence-electron chi connectivity index (χ0n) is 21.4. The monoisotopic (exact) mass is 529 g/mol. The highest BCUT2D eigenvalue weighted by Gasteiger charge is 2.46. The second kappa shape index (κ2) is 10.0. The van der Waals surface area contributed by atoms with Crippen molar-refractivity contribution in [1.82, 2.24) is 4.98 Å². The van der Waals surface area contributed by atoms with Gasteiger partial charge in [-0.3, -0.25) is 4.98 Å². The Labute approximate surface area is 220 Å². The van der Waals surface area contributed by atoms with E-state index in [9.17, 15) is 23.4 Å². The van der Waals surface area contributed by atoms with Crippen molar-refractivity contribution < 1.29 is 32.9 Å². The predicted molar refractivity (Wildman–Crippen MR) is 136 cm³/mol. The number of hydrogen-bond donors (Lipinski definition) is 2. The standard InChI is InChI=1S/C30H34F3NO4/c31-30(32,33)21-4-2-20(3-5-21)28(36)26-24(18-6-12-37-13-7-18)25-22(16-29(10-1-11-29)17-23(25)35)34-27(26)19-8-14-38-15-9-19/h2-6,19,23,28,35-36H,1,7-17H2. The van der Waals surface area contributed by atoms with Crippen LogP contribution in [-0.2, 0) is 22.1 Å². The third kappa shape index (κ3) is 4.70. The molecule has 1 saturated carbocycles. The van der Waals surface area contributed by atoms with Crippen LogP contribution in [0.25, 0.3) is 5.57 Å². The number of benzene rings is 1. The molecule has 0 radical (unpaired) electrons. The Morgan fingerprint density at radius 2 is 1.76 bits per heavy atom. The van der Waals surface area contributed by atoms with Crippen LogP contribution < -0.4 is 0 Å². The molecule has 1 saturated heterocycles. The Kier molecular flexibility index (Phi) is 6.87. The number of aliphatic hydroxyl groups excluding tert-OH is 2. The fourth-order valence-corrected chi connectivity index (χ4v) is 6.85. The first-order valence-electron chi connectivity index (χ1n) is 13.7. The summed E-state index contributed by atoms with van der Waals surface area (Å²) >= 11 is 0. The zero-order chi connectivity index (χ0) is 26.5. The fraction of sp³-hybridized carbons (Fsp3) is 0.567. The largest absolute Gasteiger partial charge is 0.416 e. The lowest BCUT2D eigenvalue weighted by molar-refractivity contribution is -0.137. The first-order valence-corrected chi connectivity index (χ1v) is 13.7. The van der Waals surface area contributed by atoms with Gasteiger partial charge >= 0.3 is 6.18 Å². The van der Waals surface area contributed by atoms with Gasteiger partial charge in [0.1, 0.15) is 6.10 Å². The number of alkyl halides is 3. The van der Waals surface area contributed by atoms with E-state index >= 15 is 0 Å². The third-order valence-electron chi connectivity index (χ3n) is 9.02. The molecule has 5 nitrogen and oxygen atoms in total. The summed E-state index contributed by atoms with van der Waals surface area (Å²) in [5.74, 6) is 0.0590. The Bertz CT molecular complexity index is 1210. The van der Waals surface area contributed by atoms with Crippen LogP contribution in [0, 0.1) is 5.41 Å². The molecule has 6 rings (SSSR count). The smallest absolute Gasteiger partial charge is 0.388 e. The first kappa shape index (κ1) is 26.0. The molecule has 4 aliphatic rings. The van der Waals surface area contributed by atoms with Crippen molar-refractivity contribution in [3.05, 3.63) is 69.5 Å². The molecule has 8 heteroatoms. The van der Waals surface area contributed by atoms with Gasteiger partial charge in [0.05, 0.1) is 30.6 Å². The molecule has 2 unspecified atom stereocenters. The molecular formula is C30H34F3NO4. The second-order valence-electron chi connectivity index (χ2n) is 11.4. The SMILES string of the molecule is OC1CC2(CCC2)Cc2nc(C3CCOCC3)c(C(O)c3ccc(C(F)(F)F)cc3)c(C3=CCOCC3)c21. The Hall–Kier alpha value is -2.26. The lowest BCUT2D eigenvalue weighted by atomic mass is 9.59. The van der Waals surface area contributed by atoms with Crippen LogP contribution in [0.2, 0.25) is 0 Å². The van der Waals surface area contributed by atoms with Crippen LogP contribution in [0.5, 0.6) is 0 Å². The Morgan fingerprint density at radius 3 is 2.37 bits per heavy atom. The molecule has 2 fully saturated rings. The molecule has 2 atom stereocenters. The van der Waals surface area contributed by atoms with E-state index in [0.717, 1.165) is 78.7 Å². The summed E-state index contributed by atoms with van der Waals surface area (Å²) in [5, 5.41) is 23.4. The highest BCUT2D eigenvalue weighted by Crippen LogP contribution is 2.55. The summed E-state index contributed by atoms with van der Waals surface area (Å²) < 4.78 is 51.0. The third-order valence-corrected chi connectivity index (χ3v) is 9.02. The number of ether oxygens (including phenoxy) is 2. The lowest BCUT2D eigenvalue weighted by Crippen LogP contribution is -2.39. The van der Waals surface area contributed by atoms with E-state index in [4.69, 9.17) is 14.5 Å². The van der Waals surface area contributed by atoms with Crippen LogP contribution in [0.3, 0.4) is 0 Å². The summed E-state index contributed by atoms with van der Waals surface area (Å²) in [6.07, 6.45) is 2.63. The highest BCUT2D eigenvalue weighted by molar-refractivity contribution is 5.75. The minimum Gasteiger partial charge on any atom is -0.388 e. The van der Waals surface area contributed by atoms with E-state index in [2.05, 4.69) is 0 Å². The van der Waals surface area contributed by atoms with Crippen molar-refractivity contribution in [2.45, 2.75) is 75.7 Å². The van der Waals surface area contributed by atoms with Crippen LogP contribution in [0.1, 0.15) is 102 Å². The maximum Gasteiger partial charge on any atom is 0.416 e. The van der Waals surface area contributed by atoms with E-state index in [0.29, 0.717) is 50.4 Å². The highest BCUT2D eigenvalue weighted by atomic mass is 19.4. The van der Waals surface area contributed by atoms with Crippen LogP contribution in [0.4, 0.5) is 13.2 Å². The van der Waals surface area contributed by atoms with Crippen LogP contribution in [0.15, 0.2) is 30.3 Å². The molecule has 3 heterocycles. The molecule has 2 aromatic rings. The normalized spacial score (nSPS) is 24.4. The minimum atomic E-state index is -4.45. The molecule has 0 bridgehead atoms. The molecule has 2 aliphatic heterocycles. The topological polar surface area (TPSA) is 71.8 Å². The molecule has 1 spiro atoms. The van der Waals surface area contributed by atoms with Gasteiger partial charge in [0.2, 0.25) is 0 Å². The van der Waals surface area contributed by atoms with E-state index in [-0.39, 0.29) is 11.3 Å². The van der Waals surface area contributed by atoms with Crippen molar-refractivity contribution >= 4 is 5.57 Å². The first-order chi connectivity index (χ1) is 18.3. The van der Waals surface area contributed by atoms with Gasteiger partial charge in [-0.05, 0) is 79.2 Å². The van der Waals surface area contributed by atoms with Gasteiger partial charge in [0, 0.05) is 36.0 Å². The molecule has 1 aromatic carbocycles. The van der Waals surface area contributed by atoms with E-state index in [1.807, 2.05) is 6.08 Å². The van der Waals surface area contributed by atoms with Gasteiger partial charge in [0.15, 0.2) is 0 Å². The molecule has 2 aliphatic carbocycles. The summed E-state index contributed by atoms with van der Waals surface area (Å²) in [7, 11) is 0. The average Bonchev–Trinajstić information content (AvgIpc) is 2.91. The van der Waals surface area contributed by atoms with Gasteiger partial charge in [-0.1, -0.05) is 24.6 Å². The predicted octanol–water partition coefficient (Wildman–Crippen LogP) is 6.03. The number of aliphatic hydroxyl groups is 2. The lowest BCUT2D eigenvalue weighted by Gasteiger charge is -2.48. The molecule has 38 heavy (non-hydrogen) atoms. The van der Waals surface area contributed by atoms with Crippen LogP contribution in [-0.4, -0.2) is 41.6 Å². The average molecular weight is 530 g/mol. The van der Waals surface area contributed by atoms with Crippen molar-refractivity contribution in [2.75, 3.05) is 26.4 Å². The number of hydrogen-bond acceptors (Lipinski definition) is 5. The van der Waals surface area contributed by atoms with Gasteiger partial charge in [0.25, 0.3) is 0 Å². The quantitative estimate of drug-likeness (QED) is 0.506. The number of aromatic nitrogens is 1. The number of nitrogens with zero attached hydrogens (tertiary/aromatic N) is 1. The van der Waals surface area contributed by atoms with Gasteiger partial charge < -0.3 is 19.7 Å². The Balaban J connectivity index is 1.55. The van der Waals surface area contributed by atoms with Crippen molar-refractivity contribution in [1.29, 1.82) is 0 Å². The zero-order valence-corrected chi connectivity index (χ0v) is 21.4. The number of fused-ring (bicyclic) bond motifs is 1. The molecular weight excluding hydrogens is 495 g/mol.